The molecule has 0 unspecified atom stereocenters. The smallest absolute Gasteiger partial charge is 0.222 e. The Kier molecular flexibility index (Phi) is 6.33. The summed E-state index contributed by atoms with van der Waals surface area (Å²) in [5.74, 6) is 2.37. The van der Waals surface area contributed by atoms with Gasteiger partial charge < -0.3 is 21.1 Å². The molecule has 0 bridgehead atoms. The van der Waals surface area contributed by atoms with Crippen LogP contribution in [0.1, 0.15) is 42.1 Å². The van der Waals surface area contributed by atoms with Gasteiger partial charge in [-0.05, 0) is 37.5 Å². The number of nitrogen functional groups attached to an aromatic ring is 2. The Labute approximate surface area is 186 Å². The van der Waals surface area contributed by atoms with Gasteiger partial charge in [0.2, 0.25) is 11.1 Å². The van der Waals surface area contributed by atoms with E-state index in [1.54, 1.807) is 0 Å². The molecule has 160 valence electrons. The molecule has 2 aromatic heterocycles. The number of rotatable bonds is 3. The molecule has 3 heterocycles. The molecule has 0 saturated carbocycles. The summed E-state index contributed by atoms with van der Waals surface area (Å²) in [4.78, 5) is 11.2. The summed E-state index contributed by atoms with van der Waals surface area (Å²) in [5.41, 5.74) is 16.9. The second-order valence-electron chi connectivity index (χ2n) is 7.56. The third kappa shape index (κ3) is 4.13. The highest BCUT2D eigenvalue weighted by molar-refractivity contribution is 7.18. The Hall–Kier alpha value is -2.65. The van der Waals surface area contributed by atoms with Gasteiger partial charge in [-0.3, -0.25) is 0 Å². The molecular formula is C20H26ClN7OS. The summed E-state index contributed by atoms with van der Waals surface area (Å²) in [7, 11) is 0. The van der Waals surface area contributed by atoms with Crippen molar-refractivity contribution in [1.29, 1.82) is 0 Å². The van der Waals surface area contributed by atoms with Crippen LogP contribution in [-0.4, -0.2) is 33.3 Å². The topological polar surface area (TPSA) is 116 Å². The highest BCUT2D eigenvalue weighted by Crippen LogP contribution is 2.37. The first kappa shape index (κ1) is 22.0. The zero-order valence-corrected chi connectivity index (χ0v) is 19.1. The number of aryl methyl sites for hydroxylation is 2. The molecule has 0 radical (unpaired) electrons. The van der Waals surface area contributed by atoms with E-state index in [1.165, 1.54) is 11.3 Å². The van der Waals surface area contributed by atoms with Crippen LogP contribution >= 0.6 is 23.7 Å². The van der Waals surface area contributed by atoms with Crippen LogP contribution in [0, 0.1) is 13.8 Å². The maximum absolute atomic E-state index is 6.11. The predicted octanol–water partition coefficient (Wildman–Crippen LogP) is 3.72. The number of fused-ring (bicyclic) bond motifs is 1. The summed E-state index contributed by atoms with van der Waals surface area (Å²) in [6, 6.07) is 4.17. The first-order valence-electron chi connectivity index (χ1n) is 9.58. The number of nitrogens with zero attached hydrogens (tertiary/aromatic N) is 5. The van der Waals surface area contributed by atoms with Crippen molar-refractivity contribution in [2.45, 2.75) is 40.2 Å². The van der Waals surface area contributed by atoms with E-state index < -0.39 is 0 Å². The molecule has 1 aliphatic rings. The lowest BCUT2D eigenvalue weighted by molar-refractivity contribution is 0.329. The van der Waals surface area contributed by atoms with Gasteiger partial charge in [-0.25, -0.2) is 4.98 Å². The first-order chi connectivity index (χ1) is 13.8. The van der Waals surface area contributed by atoms with Crippen LogP contribution in [0.25, 0.3) is 10.6 Å². The zero-order chi connectivity index (χ0) is 20.7. The third-order valence-corrected chi connectivity index (χ3v) is 5.82. The van der Waals surface area contributed by atoms with E-state index in [0.717, 1.165) is 44.5 Å². The number of hydrogen-bond acceptors (Lipinski definition) is 9. The molecular weight excluding hydrogens is 422 g/mol. The Bertz CT molecular complexity index is 1070. The van der Waals surface area contributed by atoms with Gasteiger partial charge >= 0.3 is 0 Å². The van der Waals surface area contributed by atoms with Crippen molar-refractivity contribution in [1.82, 2.24) is 20.2 Å². The fraction of sp³-hybridized carbons (Fsp3) is 0.400. The highest BCUT2D eigenvalue weighted by Gasteiger charge is 2.24. The van der Waals surface area contributed by atoms with Crippen LogP contribution in [0.3, 0.4) is 0 Å². The number of ether oxygens (including phenoxy) is 1. The zero-order valence-electron chi connectivity index (χ0n) is 17.5. The lowest BCUT2D eigenvalue weighted by Gasteiger charge is -2.26. The molecule has 0 spiro atoms. The van der Waals surface area contributed by atoms with Gasteiger partial charge in [0.25, 0.3) is 0 Å². The van der Waals surface area contributed by atoms with Gasteiger partial charge in [0.1, 0.15) is 23.2 Å². The fourth-order valence-electron chi connectivity index (χ4n) is 3.87. The number of halogens is 1. The minimum absolute atomic E-state index is 0. The summed E-state index contributed by atoms with van der Waals surface area (Å²) < 4.78 is 6.11. The van der Waals surface area contributed by atoms with E-state index in [2.05, 4.69) is 58.0 Å². The normalized spacial score (nSPS) is 13.4. The third-order valence-electron chi connectivity index (χ3n) is 5.02. The van der Waals surface area contributed by atoms with Crippen LogP contribution < -0.4 is 21.1 Å². The largest absolute Gasteiger partial charge is 0.491 e. The molecule has 30 heavy (non-hydrogen) atoms. The maximum Gasteiger partial charge on any atom is 0.222 e. The van der Waals surface area contributed by atoms with E-state index in [1.807, 2.05) is 6.92 Å². The standard InChI is InChI=1S/C20H25N7OS.ClH/c1-10(2)15-12(4)23-19(21)24-17(15)27-5-6-28-16-11(3)7-13(8-14(16)9-27)18-25-26-20(22)29-18;/h7-8,10H,5-6,9H2,1-4H3,(H2,22,26)(H2,21,23,24);1H. The number of aromatic nitrogens is 4. The van der Waals surface area contributed by atoms with Crippen molar-refractivity contribution >= 4 is 40.6 Å². The van der Waals surface area contributed by atoms with E-state index in [9.17, 15) is 0 Å². The summed E-state index contributed by atoms with van der Waals surface area (Å²) in [6.07, 6.45) is 0. The number of hydrogen-bond donors (Lipinski definition) is 2. The Morgan fingerprint density at radius 2 is 1.90 bits per heavy atom. The minimum atomic E-state index is 0. The molecule has 1 aliphatic heterocycles. The van der Waals surface area contributed by atoms with Gasteiger partial charge in [0.15, 0.2) is 0 Å². The van der Waals surface area contributed by atoms with Crippen molar-refractivity contribution in [3.63, 3.8) is 0 Å². The van der Waals surface area contributed by atoms with E-state index in [-0.39, 0.29) is 18.3 Å². The molecule has 0 atom stereocenters. The van der Waals surface area contributed by atoms with Gasteiger partial charge in [0.05, 0.1) is 6.54 Å². The average Bonchev–Trinajstić information content (AvgIpc) is 2.95. The van der Waals surface area contributed by atoms with Crippen molar-refractivity contribution in [2.24, 2.45) is 0 Å². The van der Waals surface area contributed by atoms with Gasteiger partial charge in [-0.2, -0.15) is 4.98 Å². The quantitative estimate of drug-likeness (QED) is 0.623. The second-order valence-corrected chi connectivity index (χ2v) is 8.57. The first-order valence-corrected chi connectivity index (χ1v) is 10.4. The Morgan fingerprint density at radius 3 is 2.57 bits per heavy atom. The lowest BCUT2D eigenvalue weighted by Crippen LogP contribution is -2.28. The van der Waals surface area contributed by atoms with Crippen LogP contribution in [-0.2, 0) is 6.54 Å². The SMILES string of the molecule is Cc1cc(-c2nnc(N)s2)cc2c1OCCN(c1nc(N)nc(C)c1C(C)C)C2.Cl. The number of benzene rings is 1. The van der Waals surface area contributed by atoms with E-state index >= 15 is 0 Å². The molecule has 0 fully saturated rings. The maximum atomic E-state index is 6.11. The fourth-order valence-corrected chi connectivity index (χ4v) is 4.47. The molecule has 3 aromatic rings. The van der Waals surface area contributed by atoms with Crippen molar-refractivity contribution in [2.75, 3.05) is 29.5 Å². The minimum Gasteiger partial charge on any atom is -0.491 e. The summed E-state index contributed by atoms with van der Waals surface area (Å²) in [6.45, 7) is 10.3. The molecule has 4 rings (SSSR count). The molecule has 4 N–H and O–H groups in total. The summed E-state index contributed by atoms with van der Waals surface area (Å²) in [5, 5.41) is 9.39. The summed E-state index contributed by atoms with van der Waals surface area (Å²) >= 11 is 1.38. The second kappa shape index (κ2) is 8.61. The van der Waals surface area contributed by atoms with Gasteiger partial charge in [0, 0.05) is 28.9 Å². The monoisotopic (exact) mass is 447 g/mol. The van der Waals surface area contributed by atoms with Crippen LogP contribution in [0.2, 0.25) is 0 Å². The lowest BCUT2D eigenvalue weighted by atomic mass is 10.0. The van der Waals surface area contributed by atoms with Gasteiger partial charge in [-0.15, -0.1) is 22.6 Å². The van der Waals surface area contributed by atoms with Crippen LogP contribution in [0.15, 0.2) is 12.1 Å². The molecule has 8 nitrogen and oxygen atoms in total. The van der Waals surface area contributed by atoms with E-state index in [4.69, 9.17) is 16.2 Å². The van der Waals surface area contributed by atoms with Gasteiger partial charge in [-0.1, -0.05) is 25.2 Å². The molecule has 10 heteroatoms. The van der Waals surface area contributed by atoms with Crippen molar-refractivity contribution in [3.05, 3.63) is 34.5 Å². The van der Waals surface area contributed by atoms with Crippen molar-refractivity contribution < 1.29 is 4.74 Å². The molecule has 0 aliphatic carbocycles. The molecule has 0 amide bonds. The van der Waals surface area contributed by atoms with Crippen molar-refractivity contribution in [3.8, 4) is 16.3 Å². The molecule has 1 aromatic carbocycles. The predicted molar refractivity (Wildman–Crippen MR) is 124 cm³/mol. The Morgan fingerprint density at radius 1 is 1.13 bits per heavy atom. The van der Waals surface area contributed by atoms with Crippen LogP contribution in [0.4, 0.5) is 16.9 Å². The average molecular weight is 448 g/mol. The van der Waals surface area contributed by atoms with E-state index in [0.29, 0.717) is 30.8 Å². The number of anilines is 3. The highest BCUT2D eigenvalue weighted by atomic mass is 35.5. The number of nitrogens with two attached hydrogens (primary N) is 2. The Balaban J connectivity index is 0.00000256. The molecule has 0 saturated heterocycles. The van der Waals surface area contributed by atoms with Crippen LogP contribution in [0.5, 0.6) is 5.75 Å².